The minimum absolute atomic E-state index is 0.464. The molecule has 2 N–H and O–H groups in total. The van der Waals surface area contributed by atoms with E-state index >= 15 is 0 Å². The quantitative estimate of drug-likeness (QED) is 0.415. The molecule has 1 aromatic rings. The second kappa shape index (κ2) is 10.3. The van der Waals surface area contributed by atoms with E-state index in [2.05, 4.69) is 39.0 Å². The Morgan fingerprint density at radius 3 is 2.85 bits per heavy atom. The van der Waals surface area contributed by atoms with Gasteiger partial charge in [-0.1, -0.05) is 32.6 Å². The monoisotopic (exact) mass is 279 g/mol. The van der Waals surface area contributed by atoms with Crippen LogP contribution in [0.1, 0.15) is 46.0 Å². The lowest BCUT2D eigenvalue weighted by Gasteiger charge is -2.18. The SMILES string of the molecule is CCCCCCC(C)NC(=NC)NCCn1ccnc1. The lowest BCUT2D eigenvalue weighted by molar-refractivity contribution is 0.535. The molecule has 0 spiro atoms. The van der Waals surface area contributed by atoms with Crippen LogP contribution in [0.4, 0.5) is 0 Å². The van der Waals surface area contributed by atoms with Gasteiger partial charge in [-0.15, -0.1) is 0 Å². The van der Waals surface area contributed by atoms with Crippen molar-refractivity contribution in [3.05, 3.63) is 18.7 Å². The summed E-state index contributed by atoms with van der Waals surface area (Å²) in [5.74, 6) is 0.883. The first-order chi connectivity index (χ1) is 9.76. The molecule has 0 aliphatic rings. The summed E-state index contributed by atoms with van der Waals surface area (Å²) in [6.07, 6.45) is 12.0. The zero-order valence-electron chi connectivity index (χ0n) is 13.1. The average molecular weight is 279 g/mol. The molecule has 5 nitrogen and oxygen atoms in total. The van der Waals surface area contributed by atoms with Crippen LogP contribution in [0.2, 0.25) is 0 Å². The normalized spacial score (nSPS) is 13.2. The van der Waals surface area contributed by atoms with Crippen molar-refractivity contribution in [2.75, 3.05) is 13.6 Å². The fraction of sp³-hybridized carbons (Fsp3) is 0.733. The molecule has 1 aromatic heterocycles. The van der Waals surface area contributed by atoms with Gasteiger partial charge in [-0.3, -0.25) is 4.99 Å². The molecular weight excluding hydrogens is 250 g/mol. The number of aromatic nitrogens is 2. The Morgan fingerprint density at radius 2 is 2.20 bits per heavy atom. The largest absolute Gasteiger partial charge is 0.355 e. The van der Waals surface area contributed by atoms with Crippen molar-refractivity contribution in [3.8, 4) is 0 Å². The van der Waals surface area contributed by atoms with Crippen molar-refractivity contribution < 1.29 is 0 Å². The van der Waals surface area contributed by atoms with E-state index in [0.29, 0.717) is 6.04 Å². The predicted octanol–water partition coefficient (Wildman–Crippen LogP) is 2.41. The van der Waals surface area contributed by atoms with E-state index in [1.807, 2.05) is 19.6 Å². The van der Waals surface area contributed by atoms with Gasteiger partial charge in [-0.05, 0) is 13.3 Å². The van der Waals surface area contributed by atoms with E-state index in [4.69, 9.17) is 0 Å². The first-order valence-electron chi connectivity index (χ1n) is 7.69. The molecule has 0 aliphatic heterocycles. The number of rotatable bonds is 9. The van der Waals surface area contributed by atoms with E-state index in [1.165, 1.54) is 32.1 Å². The second-order valence-corrected chi connectivity index (χ2v) is 5.19. The van der Waals surface area contributed by atoms with Crippen molar-refractivity contribution in [2.45, 2.75) is 58.5 Å². The Balaban J connectivity index is 2.15. The van der Waals surface area contributed by atoms with Gasteiger partial charge in [0.1, 0.15) is 0 Å². The molecule has 0 saturated heterocycles. The molecule has 1 unspecified atom stereocenters. The van der Waals surface area contributed by atoms with Crippen molar-refractivity contribution in [1.29, 1.82) is 0 Å². The van der Waals surface area contributed by atoms with E-state index < -0.39 is 0 Å². The Morgan fingerprint density at radius 1 is 1.35 bits per heavy atom. The molecule has 0 fully saturated rings. The molecule has 1 heterocycles. The molecule has 0 aromatic carbocycles. The maximum Gasteiger partial charge on any atom is 0.191 e. The smallest absolute Gasteiger partial charge is 0.191 e. The lowest BCUT2D eigenvalue weighted by Crippen LogP contribution is -2.43. The number of guanidine groups is 1. The third kappa shape index (κ3) is 7.16. The van der Waals surface area contributed by atoms with Gasteiger partial charge in [-0.2, -0.15) is 0 Å². The zero-order chi connectivity index (χ0) is 14.6. The van der Waals surface area contributed by atoms with Crippen molar-refractivity contribution in [2.24, 2.45) is 4.99 Å². The van der Waals surface area contributed by atoms with Gasteiger partial charge in [0.05, 0.1) is 6.33 Å². The molecule has 0 amide bonds. The topological polar surface area (TPSA) is 54.2 Å². The molecule has 114 valence electrons. The number of unbranched alkanes of at least 4 members (excludes halogenated alkanes) is 3. The first-order valence-corrected chi connectivity index (χ1v) is 7.69. The first kappa shape index (κ1) is 16.5. The number of aliphatic imine (C=N–C) groups is 1. The fourth-order valence-corrected chi connectivity index (χ4v) is 2.10. The van der Waals surface area contributed by atoms with E-state index in [9.17, 15) is 0 Å². The summed E-state index contributed by atoms with van der Waals surface area (Å²) in [7, 11) is 1.82. The third-order valence-electron chi connectivity index (χ3n) is 3.32. The summed E-state index contributed by atoms with van der Waals surface area (Å²) < 4.78 is 2.05. The van der Waals surface area contributed by atoms with Crippen LogP contribution in [0.25, 0.3) is 0 Å². The number of imidazole rings is 1. The summed E-state index contributed by atoms with van der Waals surface area (Å²) >= 11 is 0. The molecule has 1 atom stereocenters. The summed E-state index contributed by atoms with van der Waals surface area (Å²) in [6, 6.07) is 0.464. The maximum absolute atomic E-state index is 4.26. The van der Waals surface area contributed by atoms with Crippen LogP contribution in [0.3, 0.4) is 0 Å². The second-order valence-electron chi connectivity index (χ2n) is 5.19. The van der Waals surface area contributed by atoms with Gasteiger partial charge >= 0.3 is 0 Å². The Labute approximate surface area is 122 Å². The summed E-state index contributed by atoms with van der Waals surface area (Å²) in [6.45, 7) is 6.20. The zero-order valence-corrected chi connectivity index (χ0v) is 13.1. The van der Waals surface area contributed by atoms with Gasteiger partial charge in [-0.25, -0.2) is 4.98 Å². The van der Waals surface area contributed by atoms with Crippen LogP contribution in [-0.2, 0) is 6.54 Å². The lowest BCUT2D eigenvalue weighted by atomic mass is 10.1. The third-order valence-corrected chi connectivity index (χ3v) is 3.32. The van der Waals surface area contributed by atoms with Crippen LogP contribution >= 0.6 is 0 Å². The van der Waals surface area contributed by atoms with Crippen molar-refractivity contribution >= 4 is 5.96 Å². The Hall–Kier alpha value is -1.52. The van der Waals surface area contributed by atoms with Gasteiger partial charge in [0.25, 0.3) is 0 Å². The Bertz CT molecular complexity index is 358. The highest BCUT2D eigenvalue weighted by Crippen LogP contribution is 2.04. The molecule has 0 saturated carbocycles. The minimum Gasteiger partial charge on any atom is -0.355 e. The highest BCUT2D eigenvalue weighted by Gasteiger charge is 2.04. The standard InChI is InChI=1S/C15H29N5/c1-4-5-6-7-8-14(2)19-15(16-3)18-10-12-20-11-9-17-13-20/h9,11,13-14H,4-8,10,12H2,1-3H3,(H2,16,18,19). The molecule has 1 rings (SSSR count). The van der Waals surface area contributed by atoms with Crippen LogP contribution in [-0.4, -0.2) is 35.1 Å². The van der Waals surface area contributed by atoms with Crippen LogP contribution < -0.4 is 10.6 Å². The number of nitrogens with zero attached hydrogens (tertiary/aromatic N) is 3. The number of hydrogen-bond donors (Lipinski definition) is 2. The van der Waals surface area contributed by atoms with Crippen LogP contribution in [0.5, 0.6) is 0 Å². The van der Waals surface area contributed by atoms with Gasteiger partial charge in [0.15, 0.2) is 5.96 Å². The van der Waals surface area contributed by atoms with Crippen LogP contribution in [0.15, 0.2) is 23.7 Å². The average Bonchev–Trinajstić information content (AvgIpc) is 2.95. The van der Waals surface area contributed by atoms with Crippen molar-refractivity contribution in [3.63, 3.8) is 0 Å². The summed E-state index contributed by atoms with van der Waals surface area (Å²) in [5, 5.41) is 6.77. The summed E-state index contributed by atoms with van der Waals surface area (Å²) in [5.41, 5.74) is 0. The van der Waals surface area contributed by atoms with E-state index in [-0.39, 0.29) is 0 Å². The molecular formula is C15H29N5. The minimum atomic E-state index is 0.464. The predicted molar refractivity (Wildman–Crippen MR) is 84.9 cm³/mol. The number of nitrogens with one attached hydrogen (secondary N) is 2. The molecule has 0 radical (unpaired) electrons. The van der Waals surface area contributed by atoms with E-state index in [0.717, 1.165) is 19.0 Å². The fourth-order valence-electron chi connectivity index (χ4n) is 2.10. The molecule has 5 heteroatoms. The van der Waals surface area contributed by atoms with Crippen molar-refractivity contribution in [1.82, 2.24) is 20.2 Å². The van der Waals surface area contributed by atoms with Gasteiger partial charge in [0.2, 0.25) is 0 Å². The summed E-state index contributed by atoms with van der Waals surface area (Å²) in [4.78, 5) is 8.29. The van der Waals surface area contributed by atoms with Crippen LogP contribution in [0, 0.1) is 0 Å². The maximum atomic E-state index is 4.26. The van der Waals surface area contributed by atoms with Gasteiger partial charge in [0, 0.05) is 38.6 Å². The molecule has 20 heavy (non-hydrogen) atoms. The molecule has 0 bridgehead atoms. The van der Waals surface area contributed by atoms with E-state index in [1.54, 1.807) is 6.20 Å². The highest BCUT2D eigenvalue weighted by molar-refractivity contribution is 5.79. The highest BCUT2D eigenvalue weighted by atomic mass is 15.2. The number of hydrogen-bond acceptors (Lipinski definition) is 2. The molecule has 0 aliphatic carbocycles. The Kier molecular flexibility index (Phi) is 8.51. The van der Waals surface area contributed by atoms with Gasteiger partial charge < -0.3 is 15.2 Å².